The van der Waals surface area contributed by atoms with E-state index in [2.05, 4.69) is 15.2 Å². The highest BCUT2D eigenvalue weighted by Crippen LogP contribution is 2.22. The van der Waals surface area contributed by atoms with Crippen LogP contribution in [0.1, 0.15) is 44.1 Å². The Bertz CT molecular complexity index is 579. The van der Waals surface area contributed by atoms with Crippen LogP contribution < -0.4 is 0 Å². The van der Waals surface area contributed by atoms with Gasteiger partial charge in [0.05, 0.1) is 6.61 Å². The van der Waals surface area contributed by atoms with Gasteiger partial charge in [0.25, 0.3) is 0 Å². The third-order valence-electron chi connectivity index (χ3n) is 2.92. The van der Waals surface area contributed by atoms with E-state index in [1.807, 2.05) is 19.9 Å². The van der Waals surface area contributed by atoms with E-state index in [-0.39, 0.29) is 11.9 Å². The second-order valence-corrected chi connectivity index (χ2v) is 4.41. The van der Waals surface area contributed by atoms with Crippen LogP contribution in [0.25, 0.3) is 5.65 Å². The lowest BCUT2D eigenvalue weighted by Gasteiger charge is -2.12. The summed E-state index contributed by atoms with van der Waals surface area (Å²) in [5.41, 5.74) is 1.57. The van der Waals surface area contributed by atoms with Crippen LogP contribution in [0.3, 0.4) is 0 Å². The number of nitrogens with zero attached hydrogens (tertiary/aromatic N) is 4. The van der Waals surface area contributed by atoms with Crippen LogP contribution in [0, 0.1) is 6.92 Å². The van der Waals surface area contributed by atoms with Gasteiger partial charge in [-0.2, -0.15) is 0 Å². The Morgan fingerprint density at radius 3 is 2.89 bits per heavy atom. The first kappa shape index (κ1) is 13.5. The van der Waals surface area contributed by atoms with Crippen LogP contribution in [0.5, 0.6) is 0 Å². The first-order valence-electron chi connectivity index (χ1n) is 6.51. The highest BCUT2D eigenvalue weighted by Gasteiger charge is 2.26. The van der Waals surface area contributed by atoms with Crippen LogP contribution in [0.4, 0.5) is 0 Å². The maximum Gasteiger partial charge on any atom is 0.316 e. The van der Waals surface area contributed by atoms with Crippen LogP contribution in [-0.4, -0.2) is 32.2 Å². The van der Waals surface area contributed by atoms with Gasteiger partial charge in [0.15, 0.2) is 11.5 Å². The summed E-state index contributed by atoms with van der Waals surface area (Å²) in [4.78, 5) is 16.2. The van der Waals surface area contributed by atoms with E-state index in [4.69, 9.17) is 4.74 Å². The Hall–Kier alpha value is -1.98. The van der Waals surface area contributed by atoms with E-state index >= 15 is 0 Å². The summed E-state index contributed by atoms with van der Waals surface area (Å²) in [6, 6.07) is 1.84. The number of carbonyl (C=O) groups excluding carboxylic acids is 1. The third-order valence-corrected chi connectivity index (χ3v) is 2.92. The molecule has 1 unspecified atom stereocenters. The van der Waals surface area contributed by atoms with Gasteiger partial charge >= 0.3 is 5.97 Å². The smallest absolute Gasteiger partial charge is 0.316 e. The zero-order chi connectivity index (χ0) is 13.8. The van der Waals surface area contributed by atoms with Crippen molar-refractivity contribution in [2.24, 2.45) is 0 Å². The fourth-order valence-corrected chi connectivity index (χ4v) is 2.03. The van der Waals surface area contributed by atoms with E-state index in [0.29, 0.717) is 24.5 Å². The quantitative estimate of drug-likeness (QED) is 0.769. The van der Waals surface area contributed by atoms with Crippen LogP contribution in [-0.2, 0) is 9.53 Å². The number of hydrogen-bond acceptors (Lipinski definition) is 5. The Balaban J connectivity index is 2.41. The maximum atomic E-state index is 12.0. The molecule has 102 valence electrons. The molecule has 0 amide bonds. The molecule has 6 nitrogen and oxygen atoms in total. The summed E-state index contributed by atoms with van der Waals surface area (Å²) < 4.78 is 6.87. The zero-order valence-corrected chi connectivity index (χ0v) is 11.5. The number of aromatic nitrogens is 4. The Labute approximate surface area is 111 Å². The van der Waals surface area contributed by atoms with Crippen LogP contribution >= 0.6 is 0 Å². The Morgan fingerprint density at radius 1 is 1.42 bits per heavy atom. The summed E-state index contributed by atoms with van der Waals surface area (Å²) >= 11 is 0. The van der Waals surface area contributed by atoms with Crippen molar-refractivity contribution in [1.29, 1.82) is 0 Å². The van der Waals surface area contributed by atoms with Gasteiger partial charge in [-0.05, 0) is 20.3 Å². The zero-order valence-electron chi connectivity index (χ0n) is 11.5. The normalized spacial score (nSPS) is 12.6. The molecule has 0 radical (unpaired) electrons. The van der Waals surface area contributed by atoms with Gasteiger partial charge in [-0.15, -0.1) is 10.2 Å². The lowest BCUT2D eigenvalue weighted by Crippen LogP contribution is -2.18. The molecule has 0 saturated heterocycles. The molecule has 2 aromatic heterocycles. The fraction of sp³-hybridized carbons (Fsp3) is 0.538. The van der Waals surface area contributed by atoms with Crippen LogP contribution in [0.2, 0.25) is 0 Å². The molecule has 2 rings (SSSR count). The third kappa shape index (κ3) is 2.72. The molecule has 0 aliphatic heterocycles. The molecule has 0 saturated carbocycles. The lowest BCUT2D eigenvalue weighted by atomic mass is 10.0. The highest BCUT2D eigenvalue weighted by molar-refractivity contribution is 5.77. The molecular weight excluding hydrogens is 244 g/mol. The average Bonchev–Trinajstić information content (AvgIpc) is 2.78. The minimum absolute atomic E-state index is 0.251. The molecule has 19 heavy (non-hydrogen) atoms. The minimum atomic E-state index is -0.385. The maximum absolute atomic E-state index is 12.0. The van der Waals surface area contributed by atoms with Crippen molar-refractivity contribution < 1.29 is 9.53 Å². The predicted octanol–water partition coefficient (Wildman–Crippen LogP) is 1.88. The summed E-state index contributed by atoms with van der Waals surface area (Å²) in [5, 5.41) is 8.22. The first-order valence-corrected chi connectivity index (χ1v) is 6.51. The topological polar surface area (TPSA) is 69.4 Å². The van der Waals surface area contributed by atoms with E-state index in [1.165, 1.54) is 0 Å². The van der Waals surface area contributed by atoms with Gasteiger partial charge in [0.1, 0.15) is 12.2 Å². The van der Waals surface area contributed by atoms with E-state index < -0.39 is 0 Å². The number of carbonyl (C=O) groups is 1. The van der Waals surface area contributed by atoms with Gasteiger partial charge < -0.3 is 4.74 Å². The van der Waals surface area contributed by atoms with Gasteiger partial charge in [-0.1, -0.05) is 13.3 Å². The molecular formula is C13H18N4O2. The number of aryl methyl sites for hydroxylation is 1. The predicted molar refractivity (Wildman–Crippen MR) is 69.8 cm³/mol. The number of esters is 1. The molecule has 0 aliphatic rings. The monoisotopic (exact) mass is 262 g/mol. The molecule has 2 heterocycles. The van der Waals surface area contributed by atoms with Crippen molar-refractivity contribution in [2.75, 3.05) is 6.61 Å². The van der Waals surface area contributed by atoms with Crippen molar-refractivity contribution >= 4 is 11.6 Å². The standard InChI is InChI=1S/C13H18N4O2/c1-4-6-10(13(18)19-5-2)12-16-15-11-7-9(3)14-8-17(11)12/h7-8,10H,4-6H2,1-3H3. The van der Waals surface area contributed by atoms with Crippen molar-refractivity contribution in [2.45, 2.75) is 39.5 Å². The second kappa shape index (κ2) is 5.77. The van der Waals surface area contributed by atoms with E-state index in [1.54, 1.807) is 17.7 Å². The van der Waals surface area contributed by atoms with Crippen molar-refractivity contribution in [1.82, 2.24) is 19.6 Å². The molecule has 0 aromatic carbocycles. The number of fused-ring (bicyclic) bond motifs is 1. The van der Waals surface area contributed by atoms with Crippen molar-refractivity contribution in [3.63, 3.8) is 0 Å². The Kier molecular flexibility index (Phi) is 4.09. The first-order chi connectivity index (χ1) is 9.17. The average molecular weight is 262 g/mol. The minimum Gasteiger partial charge on any atom is -0.465 e. The fourth-order valence-electron chi connectivity index (χ4n) is 2.03. The lowest BCUT2D eigenvalue weighted by molar-refractivity contribution is -0.145. The van der Waals surface area contributed by atoms with E-state index in [9.17, 15) is 4.79 Å². The highest BCUT2D eigenvalue weighted by atomic mass is 16.5. The molecule has 2 aromatic rings. The largest absolute Gasteiger partial charge is 0.465 e. The number of ether oxygens (including phenoxy) is 1. The van der Waals surface area contributed by atoms with Gasteiger partial charge in [-0.25, -0.2) is 4.98 Å². The van der Waals surface area contributed by atoms with E-state index in [0.717, 1.165) is 12.1 Å². The molecule has 0 bridgehead atoms. The summed E-state index contributed by atoms with van der Waals surface area (Å²) in [6.07, 6.45) is 3.22. The summed E-state index contributed by atoms with van der Waals surface area (Å²) in [5.74, 6) is -0.0357. The Morgan fingerprint density at radius 2 is 2.21 bits per heavy atom. The molecule has 0 fully saturated rings. The van der Waals surface area contributed by atoms with Gasteiger partial charge in [0, 0.05) is 11.8 Å². The van der Waals surface area contributed by atoms with Gasteiger partial charge in [0.2, 0.25) is 0 Å². The summed E-state index contributed by atoms with van der Waals surface area (Å²) in [6.45, 7) is 6.09. The molecule has 1 atom stereocenters. The number of hydrogen-bond donors (Lipinski definition) is 0. The number of rotatable bonds is 5. The van der Waals surface area contributed by atoms with Gasteiger partial charge in [-0.3, -0.25) is 9.20 Å². The van der Waals surface area contributed by atoms with Crippen LogP contribution in [0.15, 0.2) is 12.4 Å². The summed E-state index contributed by atoms with van der Waals surface area (Å²) in [7, 11) is 0. The second-order valence-electron chi connectivity index (χ2n) is 4.41. The molecule has 0 aliphatic carbocycles. The molecule has 0 spiro atoms. The molecule has 0 N–H and O–H groups in total. The molecule has 6 heteroatoms. The van der Waals surface area contributed by atoms with Crippen molar-refractivity contribution in [3.05, 3.63) is 23.9 Å². The van der Waals surface area contributed by atoms with Crippen molar-refractivity contribution in [3.8, 4) is 0 Å². The SMILES string of the molecule is CCCC(C(=O)OCC)c1nnc2cc(C)ncn12.